The lowest BCUT2D eigenvalue weighted by Crippen LogP contribution is -3.10. The highest BCUT2D eigenvalue weighted by atomic mass is 35.5. The number of quaternary nitrogens is 1. The summed E-state index contributed by atoms with van der Waals surface area (Å²) < 4.78 is 0. The molecule has 0 unspecified atom stereocenters. The van der Waals surface area contributed by atoms with Crippen molar-refractivity contribution in [3.8, 4) is 5.75 Å². The first-order chi connectivity index (χ1) is 6.26. The van der Waals surface area contributed by atoms with Gasteiger partial charge in [-0.3, -0.25) is 0 Å². The van der Waals surface area contributed by atoms with Crippen LogP contribution in [0.5, 0.6) is 5.75 Å². The van der Waals surface area contributed by atoms with Crippen molar-refractivity contribution in [3.05, 3.63) is 29.8 Å². The number of aromatic hydroxyl groups is 1. The lowest BCUT2D eigenvalue weighted by molar-refractivity contribution is -0.910. The first-order valence-corrected chi connectivity index (χ1v) is 4.87. The van der Waals surface area contributed by atoms with Crippen LogP contribution in [0, 0.1) is 0 Å². The van der Waals surface area contributed by atoms with Crippen LogP contribution in [-0.2, 0) is 6.54 Å². The molecule has 0 fully saturated rings. The Morgan fingerprint density at radius 1 is 1.21 bits per heavy atom. The van der Waals surface area contributed by atoms with Crippen molar-refractivity contribution in [2.24, 2.45) is 0 Å². The lowest BCUT2D eigenvalue weighted by atomic mass is 10.2. The third-order valence-electron chi connectivity index (χ3n) is 2.36. The van der Waals surface area contributed by atoms with Crippen LogP contribution in [0.1, 0.15) is 19.4 Å². The highest BCUT2D eigenvalue weighted by molar-refractivity contribution is 5.26. The molecule has 0 spiro atoms. The minimum absolute atomic E-state index is 0. The first kappa shape index (κ1) is 13.3. The summed E-state index contributed by atoms with van der Waals surface area (Å²) in [7, 11) is 0. The molecule has 80 valence electrons. The van der Waals surface area contributed by atoms with Gasteiger partial charge in [0.25, 0.3) is 0 Å². The van der Waals surface area contributed by atoms with Crippen LogP contribution in [0.25, 0.3) is 0 Å². The van der Waals surface area contributed by atoms with Crippen LogP contribution in [0.2, 0.25) is 0 Å². The maximum Gasteiger partial charge on any atom is 0.116 e. The maximum absolute atomic E-state index is 9.26. The second kappa shape index (κ2) is 6.68. The number of phenolic OH excluding ortho intramolecular Hbond substituents is 1. The minimum Gasteiger partial charge on any atom is -1.00 e. The molecule has 2 N–H and O–H groups in total. The van der Waals surface area contributed by atoms with Gasteiger partial charge in [-0.2, -0.15) is 0 Å². The number of hydrogen-bond acceptors (Lipinski definition) is 1. The van der Waals surface area contributed by atoms with E-state index in [1.807, 2.05) is 12.1 Å². The molecule has 0 radical (unpaired) electrons. The van der Waals surface area contributed by atoms with Crippen LogP contribution in [0.3, 0.4) is 0 Å². The van der Waals surface area contributed by atoms with Gasteiger partial charge >= 0.3 is 0 Å². The molecule has 0 bridgehead atoms. The molecule has 0 heterocycles. The molecule has 3 heteroatoms. The summed E-state index contributed by atoms with van der Waals surface area (Å²) in [5.41, 5.74) is 1.21. The van der Waals surface area contributed by atoms with Crippen molar-refractivity contribution in [3.63, 3.8) is 0 Å². The van der Waals surface area contributed by atoms with Gasteiger partial charge in [0.05, 0.1) is 13.1 Å². The molecule has 0 saturated heterocycles. The summed E-state index contributed by atoms with van der Waals surface area (Å²) in [6, 6.07) is 7.50. The molecule has 0 amide bonds. The fraction of sp³-hybridized carbons (Fsp3) is 0.455. The molecule has 2 nitrogen and oxygen atoms in total. The molecule has 0 aliphatic rings. The Balaban J connectivity index is 0.00000169. The smallest absolute Gasteiger partial charge is 0.116 e. The van der Waals surface area contributed by atoms with Crippen molar-refractivity contribution in [2.45, 2.75) is 20.4 Å². The van der Waals surface area contributed by atoms with E-state index in [2.05, 4.69) is 19.9 Å². The number of halogens is 1. The average Bonchev–Trinajstić information content (AvgIpc) is 2.14. The van der Waals surface area contributed by atoms with Crippen molar-refractivity contribution in [1.82, 2.24) is 0 Å². The molecule has 1 aromatic carbocycles. The average molecular weight is 216 g/mol. The Morgan fingerprint density at radius 3 is 2.36 bits per heavy atom. The van der Waals surface area contributed by atoms with E-state index in [1.54, 1.807) is 6.07 Å². The van der Waals surface area contributed by atoms with Gasteiger partial charge in [0.2, 0.25) is 0 Å². The predicted octanol–water partition coefficient (Wildman–Crippen LogP) is -2.18. The van der Waals surface area contributed by atoms with E-state index in [9.17, 15) is 5.11 Å². The van der Waals surface area contributed by atoms with E-state index in [0.717, 1.165) is 19.6 Å². The van der Waals surface area contributed by atoms with Gasteiger partial charge in [0.1, 0.15) is 12.3 Å². The zero-order valence-electron chi connectivity index (χ0n) is 8.76. The summed E-state index contributed by atoms with van der Waals surface area (Å²) >= 11 is 0. The van der Waals surface area contributed by atoms with Crippen molar-refractivity contribution in [2.75, 3.05) is 13.1 Å². The van der Waals surface area contributed by atoms with Gasteiger partial charge in [0.15, 0.2) is 0 Å². The summed E-state index contributed by atoms with van der Waals surface area (Å²) in [5, 5.41) is 9.26. The Kier molecular flexibility index (Phi) is 6.34. The summed E-state index contributed by atoms with van der Waals surface area (Å²) in [6.45, 7) is 7.63. The van der Waals surface area contributed by atoms with Gasteiger partial charge in [-0.1, -0.05) is 12.1 Å². The van der Waals surface area contributed by atoms with Gasteiger partial charge in [-0.15, -0.1) is 0 Å². The van der Waals surface area contributed by atoms with Crippen molar-refractivity contribution in [1.29, 1.82) is 0 Å². The van der Waals surface area contributed by atoms with Crippen molar-refractivity contribution >= 4 is 0 Å². The molecule has 0 aromatic heterocycles. The molecule has 1 rings (SSSR count). The fourth-order valence-corrected chi connectivity index (χ4v) is 1.46. The Morgan fingerprint density at radius 2 is 1.86 bits per heavy atom. The molecular weight excluding hydrogens is 198 g/mol. The molecule has 1 aromatic rings. The SMILES string of the molecule is CC[NH+](CC)Cc1cccc(O)c1.[Cl-]. The number of phenols is 1. The summed E-state index contributed by atoms with van der Waals surface area (Å²) in [5.74, 6) is 0.365. The first-order valence-electron chi connectivity index (χ1n) is 4.87. The largest absolute Gasteiger partial charge is 1.00 e. The van der Waals surface area contributed by atoms with Gasteiger partial charge in [0, 0.05) is 5.56 Å². The molecule has 0 aliphatic carbocycles. The fourth-order valence-electron chi connectivity index (χ4n) is 1.46. The van der Waals surface area contributed by atoms with Gasteiger partial charge < -0.3 is 22.4 Å². The molecule has 0 aliphatic heterocycles. The molecule has 0 saturated carbocycles. The zero-order chi connectivity index (χ0) is 9.68. The summed E-state index contributed by atoms with van der Waals surface area (Å²) in [6.07, 6.45) is 0. The van der Waals surface area contributed by atoms with Crippen LogP contribution in [0.15, 0.2) is 24.3 Å². The van der Waals surface area contributed by atoms with E-state index < -0.39 is 0 Å². The standard InChI is InChI=1S/C11H17NO.ClH/c1-3-12(4-2)9-10-6-5-7-11(13)8-10;/h5-8,13H,3-4,9H2,1-2H3;1H. The third kappa shape index (κ3) is 3.99. The second-order valence-corrected chi connectivity index (χ2v) is 3.30. The van der Waals surface area contributed by atoms with Crippen LogP contribution in [0.4, 0.5) is 0 Å². The number of benzene rings is 1. The van der Waals surface area contributed by atoms with E-state index in [4.69, 9.17) is 0 Å². The van der Waals surface area contributed by atoms with E-state index in [-0.39, 0.29) is 12.4 Å². The zero-order valence-corrected chi connectivity index (χ0v) is 9.51. The summed E-state index contributed by atoms with van der Waals surface area (Å²) in [4.78, 5) is 1.53. The number of hydrogen-bond donors (Lipinski definition) is 2. The molecule has 14 heavy (non-hydrogen) atoms. The van der Waals surface area contributed by atoms with E-state index >= 15 is 0 Å². The Bertz CT molecular complexity index is 261. The van der Waals surface area contributed by atoms with Crippen molar-refractivity contribution < 1.29 is 22.4 Å². The Hall–Kier alpha value is -0.730. The Labute approximate surface area is 92.0 Å². The van der Waals surface area contributed by atoms with E-state index in [1.165, 1.54) is 10.5 Å². The second-order valence-electron chi connectivity index (χ2n) is 3.30. The van der Waals surface area contributed by atoms with Crippen LogP contribution >= 0.6 is 0 Å². The van der Waals surface area contributed by atoms with Gasteiger partial charge in [-0.25, -0.2) is 0 Å². The minimum atomic E-state index is 0. The number of nitrogens with one attached hydrogen (secondary N) is 1. The highest BCUT2D eigenvalue weighted by Crippen LogP contribution is 2.09. The maximum atomic E-state index is 9.26. The van der Waals surface area contributed by atoms with E-state index in [0.29, 0.717) is 5.75 Å². The molecule has 0 atom stereocenters. The van der Waals surface area contributed by atoms with Gasteiger partial charge in [-0.05, 0) is 26.0 Å². The monoisotopic (exact) mass is 215 g/mol. The third-order valence-corrected chi connectivity index (χ3v) is 2.36. The van der Waals surface area contributed by atoms with Crippen LogP contribution in [-0.4, -0.2) is 18.2 Å². The topological polar surface area (TPSA) is 24.7 Å². The lowest BCUT2D eigenvalue weighted by Gasteiger charge is -2.15. The predicted molar refractivity (Wildman–Crippen MR) is 53.9 cm³/mol. The number of rotatable bonds is 4. The quantitative estimate of drug-likeness (QED) is 0.587. The molecular formula is C11H18ClNO. The highest BCUT2D eigenvalue weighted by Gasteiger charge is 2.03. The van der Waals surface area contributed by atoms with Crippen LogP contribution < -0.4 is 17.3 Å². The normalized spacial score (nSPS) is 9.93.